The first-order valence-corrected chi connectivity index (χ1v) is 13.5. The fourth-order valence-electron chi connectivity index (χ4n) is 3.77. The van der Waals surface area contributed by atoms with E-state index in [2.05, 4.69) is 93.5 Å². The van der Waals surface area contributed by atoms with Crippen LogP contribution >= 0.6 is 45.2 Å². The molecule has 178 valence electrons. The summed E-state index contributed by atoms with van der Waals surface area (Å²) in [5.41, 5.74) is 6.46. The van der Waals surface area contributed by atoms with Crippen molar-refractivity contribution < 1.29 is 14.3 Å². The Morgan fingerprint density at radius 2 is 1.44 bits per heavy atom. The molecule has 6 heteroatoms. The van der Waals surface area contributed by atoms with E-state index in [1.165, 1.54) is 5.56 Å². The number of aryl methyl sites for hydroxylation is 1. The van der Waals surface area contributed by atoms with Gasteiger partial charge in [0.2, 0.25) is 5.90 Å². The molecule has 0 aromatic heterocycles. The minimum atomic E-state index is -0.457. The molecule has 0 amide bonds. The van der Waals surface area contributed by atoms with Crippen LogP contribution in [0.3, 0.4) is 0 Å². The molecule has 0 fully saturated rings. The van der Waals surface area contributed by atoms with Crippen LogP contribution in [0, 0.1) is 14.1 Å². The van der Waals surface area contributed by atoms with Gasteiger partial charge in [0, 0.05) is 5.56 Å². The van der Waals surface area contributed by atoms with E-state index in [9.17, 15) is 4.79 Å². The summed E-state index contributed by atoms with van der Waals surface area (Å²) in [5.74, 6) is 0.686. The molecule has 1 aliphatic heterocycles. The highest BCUT2D eigenvalue weighted by Crippen LogP contribution is 2.31. The zero-order chi connectivity index (χ0) is 25.1. The van der Waals surface area contributed by atoms with Gasteiger partial charge in [0.15, 0.2) is 5.70 Å². The van der Waals surface area contributed by atoms with Gasteiger partial charge in [-0.25, -0.2) is 9.79 Å². The van der Waals surface area contributed by atoms with Crippen molar-refractivity contribution >= 4 is 63.1 Å². The highest BCUT2D eigenvalue weighted by molar-refractivity contribution is 14.1. The molecule has 0 radical (unpaired) electrons. The smallest absolute Gasteiger partial charge is 0.363 e. The lowest BCUT2D eigenvalue weighted by Gasteiger charge is -2.12. The van der Waals surface area contributed by atoms with Crippen LogP contribution in [-0.2, 0) is 16.1 Å². The van der Waals surface area contributed by atoms with Crippen LogP contribution in [0.4, 0.5) is 0 Å². The number of ether oxygens (including phenoxy) is 2. The van der Waals surface area contributed by atoms with Crippen LogP contribution in [0.15, 0.2) is 102 Å². The van der Waals surface area contributed by atoms with Crippen LogP contribution in [0.5, 0.6) is 5.75 Å². The second kappa shape index (κ2) is 11.0. The Bertz CT molecular complexity index is 1450. The number of esters is 1. The van der Waals surface area contributed by atoms with Crippen molar-refractivity contribution in [1.29, 1.82) is 0 Å². The van der Waals surface area contributed by atoms with E-state index in [1.54, 1.807) is 6.08 Å². The fraction of sp³-hybridized carbons (Fsp3) is 0.0667. The van der Waals surface area contributed by atoms with Crippen molar-refractivity contribution in [1.82, 2.24) is 0 Å². The van der Waals surface area contributed by atoms with E-state index in [0.717, 1.165) is 40.7 Å². The number of halogens is 2. The first-order chi connectivity index (χ1) is 17.5. The van der Waals surface area contributed by atoms with Crippen LogP contribution in [0.2, 0.25) is 0 Å². The van der Waals surface area contributed by atoms with Crippen LogP contribution in [0.1, 0.15) is 22.3 Å². The summed E-state index contributed by atoms with van der Waals surface area (Å²) < 4.78 is 13.5. The number of rotatable bonds is 6. The van der Waals surface area contributed by atoms with E-state index in [-0.39, 0.29) is 5.70 Å². The van der Waals surface area contributed by atoms with Gasteiger partial charge in [-0.3, -0.25) is 0 Å². The monoisotopic (exact) mass is 697 g/mol. The third kappa shape index (κ3) is 5.70. The van der Waals surface area contributed by atoms with Crippen molar-refractivity contribution in [2.24, 2.45) is 4.99 Å². The molecule has 0 saturated carbocycles. The predicted molar refractivity (Wildman–Crippen MR) is 160 cm³/mol. The average Bonchev–Trinajstić information content (AvgIpc) is 3.25. The number of cyclic esters (lactones) is 1. The standard InChI is InChI=1S/C30H21I2NO3/c1-19-7-9-20(10-8-19)18-35-28-25(31)15-21(16-26(28)32)17-27-30(34)36-29(33-27)24-13-11-23(12-14-24)22-5-3-2-4-6-22/h2-17H,18H2,1H3/b27-17-. The van der Waals surface area contributed by atoms with Crippen LogP contribution in [0.25, 0.3) is 17.2 Å². The molecular formula is C30H21I2NO3. The van der Waals surface area contributed by atoms with E-state index < -0.39 is 5.97 Å². The van der Waals surface area contributed by atoms with E-state index >= 15 is 0 Å². The summed E-state index contributed by atoms with van der Waals surface area (Å²) in [7, 11) is 0. The lowest BCUT2D eigenvalue weighted by Crippen LogP contribution is -2.05. The predicted octanol–water partition coefficient (Wildman–Crippen LogP) is 7.79. The van der Waals surface area contributed by atoms with Crippen molar-refractivity contribution in [2.45, 2.75) is 13.5 Å². The zero-order valence-corrected chi connectivity index (χ0v) is 23.7. The number of aliphatic imine (C=N–C) groups is 1. The average molecular weight is 697 g/mol. The van der Waals surface area contributed by atoms with Crippen molar-refractivity contribution in [3.05, 3.63) is 126 Å². The maximum atomic E-state index is 12.5. The Morgan fingerprint density at radius 3 is 2.11 bits per heavy atom. The number of benzene rings is 4. The minimum absolute atomic E-state index is 0.275. The molecule has 4 nitrogen and oxygen atoms in total. The van der Waals surface area contributed by atoms with Gasteiger partial charge in [-0.15, -0.1) is 0 Å². The molecule has 5 rings (SSSR count). The summed E-state index contributed by atoms with van der Waals surface area (Å²) in [6.07, 6.45) is 1.75. The molecule has 4 aromatic carbocycles. The molecule has 0 bridgehead atoms. The molecule has 1 aliphatic rings. The quantitative estimate of drug-likeness (QED) is 0.118. The number of hydrogen-bond acceptors (Lipinski definition) is 4. The summed E-state index contributed by atoms with van der Waals surface area (Å²) in [5, 5.41) is 0. The normalized spacial score (nSPS) is 14.0. The van der Waals surface area contributed by atoms with Crippen molar-refractivity contribution in [3.8, 4) is 16.9 Å². The number of carbonyl (C=O) groups is 1. The molecule has 0 aliphatic carbocycles. The third-order valence-electron chi connectivity index (χ3n) is 5.69. The molecule has 1 heterocycles. The molecule has 4 aromatic rings. The summed E-state index contributed by atoms with van der Waals surface area (Å²) >= 11 is 4.52. The van der Waals surface area contributed by atoms with Gasteiger partial charge in [-0.05, 0) is 105 Å². The highest BCUT2D eigenvalue weighted by atomic mass is 127. The maximum Gasteiger partial charge on any atom is 0.363 e. The van der Waals surface area contributed by atoms with Crippen LogP contribution in [-0.4, -0.2) is 11.9 Å². The third-order valence-corrected chi connectivity index (χ3v) is 7.29. The molecule has 0 atom stereocenters. The van der Waals surface area contributed by atoms with Crippen molar-refractivity contribution in [3.63, 3.8) is 0 Å². The van der Waals surface area contributed by atoms with E-state index in [0.29, 0.717) is 12.5 Å². The maximum absolute atomic E-state index is 12.5. The lowest BCUT2D eigenvalue weighted by atomic mass is 10.0. The first kappa shape index (κ1) is 24.7. The molecule has 36 heavy (non-hydrogen) atoms. The van der Waals surface area contributed by atoms with Gasteiger partial charge in [-0.1, -0.05) is 72.3 Å². The molecule has 0 unspecified atom stereocenters. The Morgan fingerprint density at radius 1 is 0.833 bits per heavy atom. The summed E-state index contributed by atoms with van der Waals surface area (Å²) in [4.78, 5) is 17.0. The minimum Gasteiger partial charge on any atom is -0.487 e. The second-order valence-electron chi connectivity index (χ2n) is 8.37. The Kier molecular flexibility index (Phi) is 7.52. The summed E-state index contributed by atoms with van der Waals surface area (Å²) in [6.45, 7) is 2.56. The number of carbonyl (C=O) groups excluding carboxylic acids is 1. The fourth-order valence-corrected chi connectivity index (χ4v) is 5.89. The van der Waals surface area contributed by atoms with Gasteiger partial charge < -0.3 is 9.47 Å². The Balaban J connectivity index is 1.33. The van der Waals surface area contributed by atoms with Gasteiger partial charge >= 0.3 is 5.97 Å². The lowest BCUT2D eigenvalue weighted by molar-refractivity contribution is -0.129. The molecular weight excluding hydrogens is 676 g/mol. The highest BCUT2D eigenvalue weighted by Gasteiger charge is 2.24. The topological polar surface area (TPSA) is 47.9 Å². The number of nitrogens with zero attached hydrogens (tertiary/aromatic N) is 1. The largest absolute Gasteiger partial charge is 0.487 e. The number of hydrogen-bond donors (Lipinski definition) is 0. The van der Waals surface area contributed by atoms with Gasteiger partial charge in [0.25, 0.3) is 0 Å². The zero-order valence-electron chi connectivity index (χ0n) is 19.4. The van der Waals surface area contributed by atoms with Crippen molar-refractivity contribution in [2.75, 3.05) is 0 Å². The second-order valence-corrected chi connectivity index (χ2v) is 10.7. The van der Waals surface area contributed by atoms with E-state index in [4.69, 9.17) is 9.47 Å². The van der Waals surface area contributed by atoms with Gasteiger partial charge in [0.05, 0.1) is 7.14 Å². The van der Waals surface area contributed by atoms with E-state index in [1.807, 2.05) is 54.6 Å². The van der Waals surface area contributed by atoms with Crippen LogP contribution < -0.4 is 4.74 Å². The SMILES string of the molecule is Cc1ccc(COc2c(I)cc(/C=C3\N=C(c4ccc(-c5ccccc5)cc4)OC3=O)cc2I)cc1. The Hall–Kier alpha value is -2.98. The first-order valence-electron chi connectivity index (χ1n) is 11.3. The molecule has 0 spiro atoms. The summed E-state index contributed by atoms with van der Waals surface area (Å²) in [6, 6.07) is 30.2. The van der Waals surface area contributed by atoms with Gasteiger partial charge in [-0.2, -0.15) is 0 Å². The molecule has 0 N–H and O–H groups in total. The Labute approximate surface area is 237 Å². The van der Waals surface area contributed by atoms with Gasteiger partial charge in [0.1, 0.15) is 12.4 Å². The molecule has 0 saturated heterocycles.